The summed E-state index contributed by atoms with van der Waals surface area (Å²) in [6.45, 7) is 12.2. The summed E-state index contributed by atoms with van der Waals surface area (Å²) in [5.41, 5.74) is 16.4. The van der Waals surface area contributed by atoms with Gasteiger partial charge in [-0.05, 0) is 77.3 Å². The molecule has 0 bridgehead atoms. The molecule has 50 heavy (non-hydrogen) atoms. The van der Waals surface area contributed by atoms with Crippen LogP contribution in [-0.4, -0.2) is 18.2 Å². The highest BCUT2D eigenvalue weighted by Crippen LogP contribution is 2.59. The van der Waals surface area contributed by atoms with Crippen molar-refractivity contribution in [2.24, 2.45) is 5.92 Å². The lowest BCUT2D eigenvalue weighted by Crippen LogP contribution is -2.52. The molecule has 5 heteroatoms. The molecule has 1 N–H and O–H groups in total. The minimum Gasteiger partial charge on any atom is -0.456 e. The Hall–Kier alpha value is -5.29. The number of fused-ring (bicyclic) bond motifs is 6. The van der Waals surface area contributed by atoms with Gasteiger partial charge in [-0.3, -0.25) is 0 Å². The number of anilines is 3. The Morgan fingerprint density at radius 3 is 2.68 bits per heavy atom. The quantitative estimate of drug-likeness (QED) is 0.149. The molecule has 0 spiro atoms. The molecule has 6 aromatic rings. The lowest BCUT2D eigenvalue weighted by molar-refractivity contribution is -0.708. The third-order valence-electron chi connectivity index (χ3n) is 12.9. The molecule has 0 amide bonds. The maximum absolute atomic E-state index is 6.70. The lowest BCUT2D eigenvalue weighted by atomic mass is 9.74. The van der Waals surface area contributed by atoms with Crippen LogP contribution in [0.4, 0.5) is 17.1 Å². The van der Waals surface area contributed by atoms with Crippen molar-refractivity contribution in [2.75, 3.05) is 16.8 Å². The number of aromatic nitrogens is 2. The fourth-order valence-electron chi connectivity index (χ4n) is 10.4. The number of aromatic amines is 1. The van der Waals surface area contributed by atoms with Crippen LogP contribution in [0.5, 0.6) is 0 Å². The molecule has 4 aliphatic heterocycles. The normalized spacial score (nSPS) is 23.7. The molecule has 0 saturated carbocycles. The van der Waals surface area contributed by atoms with Gasteiger partial charge in [0.25, 0.3) is 5.82 Å². The number of H-pyrrole nitrogens is 1. The molecule has 4 aromatic carbocycles. The molecule has 0 saturated heterocycles. The third-order valence-corrected chi connectivity index (χ3v) is 12.9. The highest BCUT2D eigenvalue weighted by atomic mass is 16.3. The van der Waals surface area contributed by atoms with E-state index in [2.05, 4.69) is 145 Å². The summed E-state index contributed by atoms with van der Waals surface area (Å²) in [5.74, 6) is 1.94. The van der Waals surface area contributed by atoms with Gasteiger partial charge < -0.3 is 14.2 Å². The zero-order valence-electron chi connectivity index (χ0n) is 29.1. The van der Waals surface area contributed by atoms with E-state index in [1.54, 1.807) is 0 Å². The van der Waals surface area contributed by atoms with Crippen LogP contribution in [0.2, 0.25) is 0 Å². The Morgan fingerprint density at radius 2 is 1.82 bits per heavy atom. The maximum Gasteiger partial charge on any atom is 0.287 e. The largest absolute Gasteiger partial charge is 0.456 e. The first-order chi connectivity index (χ1) is 24.3. The number of nitrogens with zero attached hydrogens (tertiary/aromatic N) is 3. The number of nitrogens with one attached hydrogen (secondary N) is 1. The fourth-order valence-corrected chi connectivity index (χ4v) is 10.4. The second-order valence-electron chi connectivity index (χ2n) is 15.8. The smallest absolute Gasteiger partial charge is 0.287 e. The minimum absolute atomic E-state index is 0.0773. The Balaban J connectivity index is 1.16. The van der Waals surface area contributed by atoms with E-state index in [0.717, 1.165) is 30.4 Å². The van der Waals surface area contributed by atoms with Crippen LogP contribution in [0, 0.1) is 5.92 Å². The molecule has 4 atom stereocenters. The molecule has 5 nitrogen and oxygen atoms in total. The summed E-state index contributed by atoms with van der Waals surface area (Å²) in [6, 6.07) is 25.5. The van der Waals surface area contributed by atoms with Gasteiger partial charge in [0.15, 0.2) is 0 Å². The topological polar surface area (TPSA) is 39.3 Å². The van der Waals surface area contributed by atoms with Gasteiger partial charge >= 0.3 is 0 Å². The average molecular weight is 654 g/mol. The number of benzene rings is 4. The van der Waals surface area contributed by atoms with Gasteiger partial charge in [0.1, 0.15) is 35.8 Å². The predicted molar refractivity (Wildman–Crippen MR) is 202 cm³/mol. The van der Waals surface area contributed by atoms with Crippen LogP contribution in [0.15, 0.2) is 119 Å². The van der Waals surface area contributed by atoms with Gasteiger partial charge in [0.2, 0.25) is 0 Å². The number of aryl methyl sites for hydroxylation is 1. The number of imidazole rings is 1. The number of likely N-dealkylation sites (N-methyl/N-ethyl adjacent to an activating group) is 1. The summed E-state index contributed by atoms with van der Waals surface area (Å²) >= 11 is 0. The second kappa shape index (κ2) is 9.69. The number of hydrogen-bond acceptors (Lipinski definition) is 3. The van der Waals surface area contributed by atoms with Crippen LogP contribution in [0.25, 0.3) is 33.3 Å². The van der Waals surface area contributed by atoms with Crippen LogP contribution < -0.4 is 14.4 Å². The first-order valence-corrected chi connectivity index (χ1v) is 18.2. The van der Waals surface area contributed by atoms with Crippen molar-refractivity contribution in [1.82, 2.24) is 4.98 Å². The van der Waals surface area contributed by atoms with Crippen LogP contribution in [0.1, 0.15) is 67.0 Å². The number of rotatable bonds is 2. The summed E-state index contributed by atoms with van der Waals surface area (Å²) in [7, 11) is 2.27. The zero-order valence-corrected chi connectivity index (χ0v) is 29.1. The van der Waals surface area contributed by atoms with E-state index in [4.69, 9.17) is 11.0 Å². The van der Waals surface area contributed by atoms with Crippen LogP contribution in [-0.2, 0) is 18.3 Å². The van der Waals surface area contributed by atoms with E-state index >= 15 is 0 Å². The minimum atomic E-state index is -0.250. The van der Waals surface area contributed by atoms with E-state index in [9.17, 15) is 0 Å². The zero-order chi connectivity index (χ0) is 33.6. The van der Waals surface area contributed by atoms with Gasteiger partial charge in [-0.1, -0.05) is 93.6 Å². The van der Waals surface area contributed by atoms with Gasteiger partial charge in [-0.2, -0.15) is 0 Å². The molecule has 1 aliphatic carbocycles. The summed E-state index contributed by atoms with van der Waals surface area (Å²) in [6.07, 6.45) is 14.0. The number of para-hydroxylation sites is 1. The first kappa shape index (κ1) is 28.5. The highest BCUT2D eigenvalue weighted by Gasteiger charge is 2.50. The first-order valence-electron chi connectivity index (χ1n) is 18.2. The van der Waals surface area contributed by atoms with Crippen molar-refractivity contribution >= 4 is 39.0 Å². The van der Waals surface area contributed by atoms with Gasteiger partial charge in [0.05, 0.1) is 28.0 Å². The van der Waals surface area contributed by atoms with Crippen molar-refractivity contribution < 1.29 is 8.98 Å². The van der Waals surface area contributed by atoms with Gasteiger partial charge in [-0.15, -0.1) is 0 Å². The number of hydrogen-bond donors (Lipinski definition) is 1. The maximum atomic E-state index is 6.70. The van der Waals surface area contributed by atoms with Crippen molar-refractivity contribution in [3.63, 3.8) is 0 Å². The summed E-state index contributed by atoms with van der Waals surface area (Å²) < 4.78 is 9.20. The molecule has 11 rings (SSSR count). The molecule has 5 aliphatic rings. The molecule has 2 aromatic heterocycles. The Bertz CT molecular complexity index is 2540. The standard InChI is InChI=1S/C45H40N4O/c1-25-9-6-10-29(25)23-27-15-18-30-31-19-16-28-17-20-37-39-38-33(11-8-14-36(38)50-37)45(3,4)34-12-7-13-35-42(34)49(41(28)39)44(47(35)5)26(2)40(31)48-22-21-46-43(48)32(30)24-27/h6-15,17-18,20-22,24-25,31,40,44H,2,16,19,23H2,1,3-5H3/p+1. The monoisotopic (exact) mass is 653 g/mol. The van der Waals surface area contributed by atoms with Crippen molar-refractivity contribution in [3.8, 4) is 11.4 Å². The second-order valence-corrected chi connectivity index (χ2v) is 15.8. The van der Waals surface area contributed by atoms with E-state index in [-0.39, 0.29) is 23.5 Å². The van der Waals surface area contributed by atoms with E-state index in [1.807, 2.05) is 0 Å². The van der Waals surface area contributed by atoms with Crippen molar-refractivity contribution in [1.29, 1.82) is 0 Å². The van der Waals surface area contributed by atoms with Crippen molar-refractivity contribution in [2.45, 2.75) is 63.6 Å². The number of furan rings is 1. The van der Waals surface area contributed by atoms with Gasteiger partial charge in [0, 0.05) is 29.3 Å². The molecule has 6 heterocycles. The van der Waals surface area contributed by atoms with E-state index in [0.29, 0.717) is 5.92 Å². The third kappa shape index (κ3) is 3.50. The Kier molecular flexibility index (Phi) is 5.53. The van der Waals surface area contributed by atoms with Crippen molar-refractivity contribution in [3.05, 3.63) is 143 Å². The molecular formula is C45H41N4O+. The Labute approximate surface area is 292 Å². The molecule has 4 unspecified atom stereocenters. The molecule has 246 valence electrons. The van der Waals surface area contributed by atoms with Crippen LogP contribution >= 0.6 is 0 Å². The lowest BCUT2D eigenvalue weighted by Gasteiger charge is -2.40. The summed E-state index contributed by atoms with van der Waals surface area (Å²) in [5, 5.41) is 2.49. The molecular weight excluding hydrogens is 613 g/mol. The van der Waals surface area contributed by atoms with E-state index in [1.165, 1.54) is 78.2 Å². The average Bonchev–Trinajstić information content (AvgIpc) is 3.91. The predicted octanol–water partition coefficient (Wildman–Crippen LogP) is 9.94. The highest BCUT2D eigenvalue weighted by molar-refractivity contribution is 6.16. The van der Waals surface area contributed by atoms with Gasteiger partial charge in [-0.25, -0.2) is 9.55 Å². The fraction of sp³-hybridized carbons (Fsp3) is 0.267. The number of allylic oxidation sites excluding steroid dienone is 4. The SMILES string of the molecule is C=C1C2N(C)c3cccc4c3N2c2c(ccc3oc5cccc(c5c23)C4(C)C)CCC2c3ccc(CC4=CC=CC4C)cc3-c3[nH]cc[n+]3C12. The summed E-state index contributed by atoms with van der Waals surface area (Å²) in [4.78, 5) is 8.83. The molecule has 0 radical (unpaired) electrons. The van der Waals surface area contributed by atoms with Crippen LogP contribution in [0.3, 0.4) is 0 Å². The van der Waals surface area contributed by atoms with E-state index < -0.39 is 0 Å². The Morgan fingerprint density at radius 1 is 0.980 bits per heavy atom. The molecule has 0 fully saturated rings.